The van der Waals surface area contributed by atoms with Crippen LogP contribution in [0.4, 0.5) is 4.39 Å². The minimum atomic E-state index is -0.584. The number of ether oxygens (including phenoxy) is 1. The zero-order valence-electron chi connectivity index (χ0n) is 29.4. The number of benzene rings is 3. The zero-order valence-corrected chi connectivity index (χ0v) is 30.9. The van der Waals surface area contributed by atoms with Crippen molar-refractivity contribution >= 4 is 40.9 Å². The molecule has 1 aromatic heterocycles. The van der Waals surface area contributed by atoms with E-state index < -0.39 is 5.82 Å². The molecule has 2 fully saturated rings. The van der Waals surface area contributed by atoms with Crippen LogP contribution >= 0.6 is 23.2 Å². The van der Waals surface area contributed by atoms with Crippen LogP contribution in [0.15, 0.2) is 60.7 Å². The molecule has 0 bridgehead atoms. The third-order valence-corrected chi connectivity index (χ3v) is 11.0. The Hall–Kier alpha value is -4.55. The van der Waals surface area contributed by atoms with E-state index in [-0.39, 0.29) is 35.4 Å². The maximum absolute atomic E-state index is 15.8. The lowest BCUT2D eigenvalue weighted by Crippen LogP contribution is -2.44. The van der Waals surface area contributed by atoms with Gasteiger partial charge >= 0.3 is 0 Å². The van der Waals surface area contributed by atoms with Crippen LogP contribution in [0, 0.1) is 5.82 Å². The Morgan fingerprint density at radius 3 is 2.15 bits per heavy atom. The van der Waals surface area contributed by atoms with Crippen LogP contribution in [-0.4, -0.2) is 79.5 Å². The molecule has 13 heteroatoms. The number of nitrogens with one attached hydrogen (secondary N) is 4. The lowest BCUT2D eigenvalue weighted by molar-refractivity contribution is -0.120. The zero-order chi connectivity index (χ0) is 37.1. The number of carbonyl (C=O) groups excluding carboxylic acids is 3. The minimum Gasteiger partial charge on any atom is -0.481 e. The highest BCUT2D eigenvalue weighted by atomic mass is 35.5. The minimum absolute atomic E-state index is 0.0654. The van der Waals surface area contributed by atoms with Crippen molar-refractivity contribution in [1.29, 1.82) is 0 Å². The third-order valence-electron chi connectivity index (χ3n) is 10.2. The number of rotatable bonds is 13. The summed E-state index contributed by atoms with van der Waals surface area (Å²) in [6.07, 6.45) is 3.22. The maximum Gasteiger partial charge on any atom is 0.257 e. The molecule has 0 unspecified atom stereocenters. The number of carbonyl (C=O) groups is 3. The average molecular weight is 760 g/mol. The Labute approximate surface area is 317 Å². The molecule has 53 heavy (non-hydrogen) atoms. The van der Waals surface area contributed by atoms with E-state index in [1.54, 1.807) is 12.0 Å². The van der Waals surface area contributed by atoms with Gasteiger partial charge in [-0.3, -0.25) is 14.4 Å². The van der Waals surface area contributed by atoms with Crippen LogP contribution in [0.5, 0.6) is 5.88 Å². The average Bonchev–Trinajstić information content (AvgIpc) is 3.77. The van der Waals surface area contributed by atoms with Gasteiger partial charge in [-0.2, -0.15) is 0 Å². The van der Waals surface area contributed by atoms with Crippen molar-refractivity contribution in [2.24, 2.45) is 0 Å². The number of methoxy groups -OCH3 is 1. The Bertz CT molecular complexity index is 2060. The molecule has 2 saturated heterocycles. The molecular formula is C40H41Cl2FN6O4. The number of aromatic nitrogens is 1. The molecule has 10 nitrogen and oxygen atoms in total. The van der Waals surface area contributed by atoms with Crippen molar-refractivity contribution < 1.29 is 23.5 Å². The normalized spacial score (nSPS) is 18.3. The highest BCUT2D eigenvalue weighted by Crippen LogP contribution is 2.43. The van der Waals surface area contributed by atoms with Gasteiger partial charge < -0.3 is 30.9 Å². The second-order valence-corrected chi connectivity index (χ2v) is 14.4. The number of fused-ring (bicyclic) bond motifs is 1. The van der Waals surface area contributed by atoms with Crippen molar-refractivity contribution in [2.75, 3.05) is 39.8 Å². The Morgan fingerprint density at radius 1 is 0.849 bits per heavy atom. The fourth-order valence-corrected chi connectivity index (χ4v) is 8.01. The van der Waals surface area contributed by atoms with Crippen molar-refractivity contribution in [3.8, 4) is 39.4 Å². The number of nitrogens with zero attached hydrogens (tertiary/aromatic N) is 2. The summed E-state index contributed by atoms with van der Waals surface area (Å²) in [7, 11) is 1.57. The predicted molar refractivity (Wildman–Crippen MR) is 204 cm³/mol. The van der Waals surface area contributed by atoms with Gasteiger partial charge in [0.15, 0.2) is 0 Å². The van der Waals surface area contributed by atoms with Crippen LogP contribution in [0.1, 0.15) is 47.2 Å². The lowest BCUT2D eigenvalue weighted by Gasteiger charge is -2.29. The number of pyridine rings is 1. The fourth-order valence-electron chi connectivity index (χ4n) is 7.35. The molecule has 2 atom stereocenters. The maximum atomic E-state index is 15.8. The quantitative estimate of drug-likeness (QED) is 0.128. The highest BCUT2D eigenvalue weighted by Gasteiger charge is 2.29. The monoisotopic (exact) mass is 758 g/mol. The smallest absolute Gasteiger partial charge is 0.257 e. The standard InChI is InChI=1S/C40H41Cl2FN6O4/c1-53-39-24(20-45-22-27-10-13-35(51)47-27)8-11-33(48-39)31-7-3-6-30(38(31)42)29-5-2-4-28(37(29)41)25-18-23-14-16-49(40(52)36(23)32(43)19-25)17-15-44-21-26-9-12-34(50)46-26/h2-8,11,18-19,26-27,44-45H,9-10,12-17,20-22H2,1H3,(H,46,50)(H,47,51)/t26-,27-/m0/s1. The van der Waals surface area contributed by atoms with Gasteiger partial charge in [-0.15, -0.1) is 0 Å². The number of amides is 3. The Kier molecular flexibility index (Phi) is 11.3. The molecule has 4 heterocycles. The van der Waals surface area contributed by atoms with E-state index in [1.165, 1.54) is 6.07 Å². The molecule has 3 aromatic carbocycles. The first kappa shape index (κ1) is 36.8. The molecule has 7 rings (SSSR count). The molecule has 0 spiro atoms. The van der Waals surface area contributed by atoms with Crippen LogP contribution < -0.4 is 26.0 Å². The second-order valence-electron chi connectivity index (χ2n) is 13.7. The summed E-state index contributed by atoms with van der Waals surface area (Å²) >= 11 is 14.2. The fraction of sp³-hybridized carbons (Fsp3) is 0.350. The van der Waals surface area contributed by atoms with Crippen molar-refractivity contribution in [3.05, 3.63) is 93.2 Å². The first-order chi connectivity index (χ1) is 25.7. The number of halogens is 3. The van der Waals surface area contributed by atoms with Gasteiger partial charge in [0.25, 0.3) is 5.91 Å². The summed E-state index contributed by atoms with van der Waals surface area (Å²) in [6.45, 7) is 3.29. The summed E-state index contributed by atoms with van der Waals surface area (Å²) in [6, 6.07) is 18.5. The predicted octanol–water partition coefficient (Wildman–Crippen LogP) is 5.77. The molecule has 3 aliphatic rings. The molecule has 4 N–H and O–H groups in total. The molecule has 3 aliphatic heterocycles. The summed E-state index contributed by atoms with van der Waals surface area (Å²) in [4.78, 5) is 42.8. The van der Waals surface area contributed by atoms with Gasteiger partial charge in [-0.05, 0) is 42.5 Å². The van der Waals surface area contributed by atoms with Crippen LogP contribution in [0.25, 0.3) is 33.5 Å². The van der Waals surface area contributed by atoms with Crippen molar-refractivity contribution in [3.63, 3.8) is 0 Å². The Balaban J connectivity index is 1.07. The molecular weight excluding hydrogens is 718 g/mol. The van der Waals surface area contributed by atoms with E-state index in [4.69, 9.17) is 32.9 Å². The van der Waals surface area contributed by atoms with Crippen LogP contribution in [-0.2, 0) is 22.6 Å². The van der Waals surface area contributed by atoms with Crippen molar-refractivity contribution in [1.82, 2.24) is 31.2 Å². The summed E-state index contributed by atoms with van der Waals surface area (Å²) in [5, 5.41) is 13.4. The summed E-state index contributed by atoms with van der Waals surface area (Å²) in [5.74, 6) is -0.298. The van der Waals surface area contributed by atoms with E-state index in [9.17, 15) is 14.4 Å². The third kappa shape index (κ3) is 8.03. The molecule has 3 amide bonds. The number of hydrogen-bond donors (Lipinski definition) is 4. The van der Waals surface area contributed by atoms with Gasteiger partial charge in [-0.25, -0.2) is 9.37 Å². The van der Waals surface area contributed by atoms with Crippen molar-refractivity contribution in [2.45, 2.75) is 50.7 Å². The van der Waals surface area contributed by atoms with Gasteiger partial charge in [0.05, 0.1) is 28.4 Å². The molecule has 4 aromatic rings. The Morgan fingerprint density at radius 2 is 1.49 bits per heavy atom. The molecule has 276 valence electrons. The SMILES string of the molecule is COc1nc(-c2cccc(-c3cccc(-c4cc(F)c5c(c4)CCN(CCNC[C@@H]4CCC(=O)N4)C5=O)c3Cl)c2Cl)ccc1CNC[C@@H]1CCC(=O)N1. The van der Waals surface area contributed by atoms with Crippen LogP contribution in [0.2, 0.25) is 10.0 Å². The second kappa shape index (κ2) is 16.2. The van der Waals surface area contributed by atoms with Gasteiger partial charge in [0.1, 0.15) is 5.82 Å². The lowest BCUT2D eigenvalue weighted by atomic mass is 9.92. The largest absolute Gasteiger partial charge is 0.481 e. The molecule has 0 radical (unpaired) electrons. The molecule has 0 saturated carbocycles. The van der Waals surface area contributed by atoms with E-state index in [0.717, 1.165) is 18.4 Å². The first-order valence-corrected chi connectivity index (χ1v) is 18.7. The van der Waals surface area contributed by atoms with E-state index in [0.29, 0.717) is 114 Å². The van der Waals surface area contributed by atoms with E-state index in [2.05, 4.69) is 21.3 Å². The first-order valence-electron chi connectivity index (χ1n) is 17.9. The van der Waals surface area contributed by atoms with Gasteiger partial charge in [0.2, 0.25) is 17.7 Å². The topological polar surface area (TPSA) is 125 Å². The summed E-state index contributed by atoms with van der Waals surface area (Å²) < 4.78 is 21.4. The van der Waals surface area contributed by atoms with E-state index >= 15 is 4.39 Å². The van der Waals surface area contributed by atoms with Crippen LogP contribution in [0.3, 0.4) is 0 Å². The highest BCUT2D eigenvalue weighted by molar-refractivity contribution is 6.39. The van der Waals surface area contributed by atoms with Gasteiger partial charge in [-0.1, -0.05) is 71.7 Å². The summed E-state index contributed by atoms with van der Waals surface area (Å²) in [5.41, 5.74) is 5.50. The van der Waals surface area contributed by atoms with Gasteiger partial charge in [0, 0.05) is 92.0 Å². The van der Waals surface area contributed by atoms with E-state index in [1.807, 2.05) is 54.6 Å². The number of hydrogen-bond acceptors (Lipinski definition) is 7. The molecule has 0 aliphatic carbocycles.